The highest BCUT2D eigenvalue weighted by molar-refractivity contribution is 7.89. The van der Waals surface area contributed by atoms with Crippen LogP contribution in [0.2, 0.25) is 0 Å². The van der Waals surface area contributed by atoms with E-state index in [-0.39, 0.29) is 4.90 Å². The lowest BCUT2D eigenvalue weighted by atomic mass is 9.99. The third kappa shape index (κ3) is 3.96. The van der Waals surface area contributed by atoms with Gasteiger partial charge in [-0.15, -0.1) is 0 Å². The van der Waals surface area contributed by atoms with Crippen LogP contribution in [0.4, 0.5) is 0 Å². The molecule has 5 aromatic rings. The smallest absolute Gasteiger partial charge is 0.238 e. The summed E-state index contributed by atoms with van der Waals surface area (Å²) in [5.74, 6) is 0.530. The minimum atomic E-state index is -3.81. The van der Waals surface area contributed by atoms with Crippen LogP contribution >= 0.6 is 0 Å². The SMILES string of the molecule is Cn1nc(-c2ccccc2)c2c(C(N)c3ccc(S(N)(=O)=O)cc3)nc(-c3ccccc3)nc21. The zero-order chi connectivity index (χ0) is 23.9. The molecule has 34 heavy (non-hydrogen) atoms. The first kappa shape index (κ1) is 21.9. The van der Waals surface area contributed by atoms with Gasteiger partial charge in [0.15, 0.2) is 11.5 Å². The van der Waals surface area contributed by atoms with Gasteiger partial charge in [-0.25, -0.2) is 28.2 Å². The largest absolute Gasteiger partial charge is 0.319 e. The van der Waals surface area contributed by atoms with Gasteiger partial charge in [0.2, 0.25) is 10.0 Å². The number of nitrogens with zero attached hydrogens (tertiary/aromatic N) is 4. The molecular formula is C25H22N6O2S. The number of aromatic nitrogens is 4. The van der Waals surface area contributed by atoms with E-state index in [1.165, 1.54) is 12.1 Å². The number of fused-ring (bicyclic) bond motifs is 1. The van der Waals surface area contributed by atoms with Crippen LogP contribution in [0.25, 0.3) is 33.7 Å². The van der Waals surface area contributed by atoms with Gasteiger partial charge in [0.05, 0.1) is 22.0 Å². The third-order valence-corrected chi connectivity index (χ3v) is 6.58. The third-order valence-electron chi connectivity index (χ3n) is 5.65. The first-order valence-corrected chi connectivity index (χ1v) is 12.1. The van der Waals surface area contributed by atoms with Crippen LogP contribution in [0, 0.1) is 0 Å². The normalized spacial score (nSPS) is 12.7. The van der Waals surface area contributed by atoms with Gasteiger partial charge in [-0.05, 0) is 17.7 Å². The average molecular weight is 471 g/mol. The molecule has 0 radical (unpaired) electrons. The highest BCUT2D eigenvalue weighted by Crippen LogP contribution is 2.34. The van der Waals surface area contributed by atoms with Gasteiger partial charge in [-0.1, -0.05) is 72.8 Å². The Labute approximate surface area is 197 Å². The van der Waals surface area contributed by atoms with Crippen LogP contribution < -0.4 is 10.9 Å². The Balaban J connectivity index is 1.75. The molecule has 2 aromatic heterocycles. The highest BCUT2D eigenvalue weighted by atomic mass is 32.2. The lowest BCUT2D eigenvalue weighted by Gasteiger charge is -2.15. The second-order valence-electron chi connectivity index (χ2n) is 7.93. The van der Waals surface area contributed by atoms with E-state index in [4.69, 9.17) is 25.9 Å². The number of primary sulfonamides is 1. The Morgan fingerprint density at radius 1 is 0.824 bits per heavy atom. The van der Waals surface area contributed by atoms with Crippen LogP contribution in [0.1, 0.15) is 17.3 Å². The zero-order valence-electron chi connectivity index (χ0n) is 18.3. The van der Waals surface area contributed by atoms with Crippen molar-refractivity contribution in [2.75, 3.05) is 0 Å². The Morgan fingerprint density at radius 3 is 2.00 bits per heavy atom. The van der Waals surface area contributed by atoms with E-state index >= 15 is 0 Å². The Kier molecular flexibility index (Phi) is 5.45. The Morgan fingerprint density at radius 2 is 1.41 bits per heavy atom. The van der Waals surface area contributed by atoms with Gasteiger partial charge in [0, 0.05) is 18.2 Å². The van der Waals surface area contributed by atoms with E-state index < -0.39 is 16.1 Å². The fraction of sp³-hybridized carbons (Fsp3) is 0.0800. The molecule has 170 valence electrons. The molecule has 0 aliphatic rings. The van der Waals surface area contributed by atoms with E-state index in [0.717, 1.165) is 22.2 Å². The summed E-state index contributed by atoms with van der Waals surface area (Å²) >= 11 is 0. The molecule has 4 N–H and O–H groups in total. The summed E-state index contributed by atoms with van der Waals surface area (Å²) in [6, 6.07) is 25.0. The second kappa shape index (κ2) is 8.45. The van der Waals surface area contributed by atoms with E-state index in [2.05, 4.69) is 0 Å². The molecule has 0 aliphatic heterocycles. The maximum absolute atomic E-state index is 11.7. The van der Waals surface area contributed by atoms with Gasteiger partial charge in [-0.2, -0.15) is 5.10 Å². The molecule has 0 saturated carbocycles. The molecular weight excluding hydrogens is 448 g/mol. The monoisotopic (exact) mass is 470 g/mol. The van der Waals surface area contributed by atoms with Gasteiger partial charge in [0.1, 0.15) is 5.69 Å². The lowest BCUT2D eigenvalue weighted by molar-refractivity contribution is 0.597. The van der Waals surface area contributed by atoms with Crippen LogP contribution in [-0.4, -0.2) is 28.2 Å². The quantitative estimate of drug-likeness (QED) is 0.405. The molecule has 0 bridgehead atoms. The summed E-state index contributed by atoms with van der Waals surface area (Å²) in [7, 11) is -1.97. The first-order valence-electron chi connectivity index (χ1n) is 10.6. The van der Waals surface area contributed by atoms with Gasteiger partial charge in [0.25, 0.3) is 0 Å². The fourth-order valence-corrected chi connectivity index (χ4v) is 4.45. The van der Waals surface area contributed by atoms with Crippen molar-refractivity contribution < 1.29 is 8.42 Å². The molecule has 2 heterocycles. The molecule has 9 heteroatoms. The standard InChI is InChI=1S/C25H22N6O2S/c1-31-25-20(22(30-31)17-8-4-2-5-9-17)23(28-24(29-25)18-10-6-3-7-11-18)21(26)16-12-14-19(15-13-16)34(27,32)33/h2-15,21H,26H2,1H3,(H2,27,32,33). The van der Waals surface area contributed by atoms with Gasteiger partial charge in [-0.3, -0.25) is 0 Å². The summed E-state index contributed by atoms with van der Waals surface area (Å²) in [4.78, 5) is 9.72. The van der Waals surface area contributed by atoms with Crippen molar-refractivity contribution in [1.29, 1.82) is 0 Å². The molecule has 1 atom stereocenters. The van der Waals surface area contributed by atoms with Crippen molar-refractivity contribution in [2.24, 2.45) is 17.9 Å². The topological polar surface area (TPSA) is 130 Å². The molecule has 0 aliphatic carbocycles. The number of hydrogen-bond donors (Lipinski definition) is 2. The predicted octanol–water partition coefficient (Wildman–Crippen LogP) is 3.39. The second-order valence-corrected chi connectivity index (χ2v) is 9.49. The molecule has 0 spiro atoms. The van der Waals surface area contributed by atoms with Crippen LogP contribution in [0.15, 0.2) is 89.8 Å². The van der Waals surface area contributed by atoms with Crippen LogP contribution in [0.3, 0.4) is 0 Å². The van der Waals surface area contributed by atoms with Gasteiger partial charge < -0.3 is 5.73 Å². The molecule has 0 fully saturated rings. The van der Waals surface area contributed by atoms with Crippen molar-refractivity contribution in [3.63, 3.8) is 0 Å². The average Bonchev–Trinajstić information content (AvgIpc) is 3.20. The zero-order valence-corrected chi connectivity index (χ0v) is 19.1. The molecule has 5 rings (SSSR count). The molecule has 3 aromatic carbocycles. The minimum absolute atomic E-state index is 0.0209. The summed E-state index contributed by atoms with van der Waals surface area (Å²) in [5, 5.41) is 10.7. The van der Waals surface area contributed by atoms with Crippen molar-refractivity contribution in [3.05, 3.63) is 96.2 Å². The van der Waals surface area contributed by atoms with E-state index in [1.807, 2.05) is 67.7 Å². The molecule has 0 amide bonds. The van der Waals surface area contributed by atoms with E-state index in [1.54, 1.807) is 16.8 Å². The Hall–Kier alpha value is -3.92. The Bertz CT molecular complexity index is 1580. The predicted molar refractivity (Wildman–Crippen MR) is 131 cm³/mol. The van der Waals surface area contributed by atoms with Crippen molar-refractivity contribution in [1.82, 2.24) is 19.7 Å². The van der Waals surface area contributed by atoms with Crippen molar-refractivity contribution >= 4 is 21.1 Å². The van der Waals surface area contributed by atoms with Crippen LogP contribution in [0.5, 0.6) is 0 Å². The highest BCUT2D eigenvalue weighted by Gasteiger charge is 2.24. The van der Waals surface area contributed by atoms with Gasteiger partial charge >= 0.3 is 0 Å². The van der Waals surface area contributed by atoms with Crippen LogP contribution in [-0.2, 0) is 17.1 Å². The fourth-order valence-electron chi connectivity index (χ4n) is 3.94. The molecule has 1 unspecified atom stereocenters. The summed E-state index contributed by atoms with van der Waals surface area (Å²) in [5.41, 5.74) is 11.2. The van der Waals surface area contributed by atoms with E-state index in [0.29, 0.717) is 22.7 Å². The lowest BCUT2D eigenvalue weighted by Crippen LogP contribution is -2.16. The first-order chi connectivity index (χ1) is 16.3. The maximum atomic E-state index is 11.7. The van der Waals surface area contributed by atoms with E-state index in [9.17, 15) is 8.42 Å². The number of rotatable bonds is 5. The van der Waals surface area contributed by atoms with Crippen molar-refractivity contribution in [2.45, 2.75) is 10.9 Å². The number of nitrogens with two attached hydrogens (primary N) is 2. The summed E-state index contributed by atoms with van der Waals surface area (Å²) in [6.07, 6.45) is 0. The number of hydrogen-bond acceptors (Lipinski definition) is 6. The molecule has 0 saturated heterocycles. The van der Waals surface area contributed by atoms with Crippen molar-refractivity contribution in [3.8, 4) is 22.6 Å². The number of aryl methyl sites for hydroxylation is 1. The molecule has 8 nitrogen and oxygen atoms in total. The minimum Gasteiger partial charge on any atom is -0.319 e. The maximum Gasteiger partial charge on any atom is 0.238 e. The summed E-state index contributed by atoms with van der Waals surface area (Å²) in [6.45, 7) is 0. The number of sulfonamides is 1. The summed E-state index contributed by atoms with van der Waals surface area (Å²) < 4.78 is 25.1. The number of benzene rings is 3.